The normalized spacial score (nSPS) is 12.1. The Balaban J connectivity index is 3.04. The zero-order valence-corrected chi connectivity index (χ0v) is 10.0. The summed E-state index contributed by atoms with van der Waals surface area (Å²) in [7, 11) is 0. The van der Waals surface area contributed by atoms with Crippen molar-refractivity contribution in [3.8, 4) is 0 Å². The second-order valence-corrected chi connectivity index (χ2v) is 4.08. The van der Waals surface area contributed by atoms with Gasteiger partial charge in [0.25, 0.3) is 11.4 Å². The van der Waals surface area contributed by atoms with Crippen LogP contribution in [0.5, 0.6) is 0 Å². The van der Waals surface area contributed by atoms with Crippen LogP contribution in [0, 0.1) is 20.2 Å². The van der Waals surface area contributed by atoms with E-state index >= 15 is 0 Å². The monoisotopic (exact) mass is 253 g/mol. The number of rotatable bonds is 6. The predicted octanol–water partition coefficient (Wildman–Crippen LogP) is 2.17. The fraction of sp³-hybridized carbons (Fsp3) is 0.455. The molecule has 0 aliphatic rings. The Morgan fingerprint density at radius 3 is 2.44 bits per heavy atom. The van der Waals surface area contributed by atoms with Gasteiger partial charge in [-0.1, -0.05) is 13.3 Å². The maximum absolute atomic E-state index is 10.9. The molecule has 0 aliphatic carbocycles. The first-order valence-electron chi connectivity index (χ1n) is 5.63. The summed E-state index contributed by atoms with van der Waals surface area (Å²) < 4.78 is 0. The van der Waals surface area contributed by atoms with Crippen molar-refractivity contribution in [1.29, 1.82) is 0 Å². The largest absolute Gasteiger partial charge is 0.327 e. The molecule has 0 aliphatic heterocycles. The zero-order valence-electron chi connectivity index (χ0n) is 10.0. The van der Waals surface area contributed by atoms with Gasteiger partial charge in [0, 0.05) is 17.7 Å². The summed E-state index contributed by atoms with van der Waals surface area (Å²) in [5, 5.41) is 21.4. The lowest BCUT2D eigenvalue weighted by Gasteiger charge is -2.10. The van der Waals surface area contributed by atoms with Crippen LogP contribution >= 0.6 is 0 Å². The molecule has 7 heteroatoms. The first kappa shape index (κ1) is 14.0. The van der Waals surface area contributed by atoms with Gasteiger partial charge in [0.1, 0.15) is 0 Å². The van der Waals surface area contributed by atoms with Crippen molar-refractivity contribution in [2.45, 2.75) is 32.2 Å². The van der Waals surface area contributed by atoms with E-state index in [1.165, 1.54) is 12.1 Å². The van der Waals surface area contributed by atoms with Crippen molar-refractivity contribution in [3.05, 3.63) is 44.0 Å². The van der Waals surface area contributed by atoms with Crippen LogP contribution in [0.2, 0.25) is 0 Å². The Kier molecular flexibility index (Phi) is 4.73. The standard InChI is InChI=1S/C11H15N3O4/c1-2-3-9(12)6-8-4-5-10(13(15)16)7-11(8)14(17)18/h4-5,7,9H,2-3,6,12H2,1H3. The van der Waals surface area contributed by atoms with Crippen LogP contribution in [0.15, 0.2) is 18.2 Å². The molecule has 0 heterocycles. The van der Waals surface area contributed by atoms with Crippen LogP contribution in [-0.4, -0.2) is 15.9 Å². The smallest absolute Gasteiger partial charge is 0.279 e. The third kappa shape index (κ3) is 3.49. The topological polar surface area (TPSA) is 112 Å². The number of hydrogen-bond acceptors (Lipinski definition) is 5. The van der Waals surface area contributed by atoms with E-state index in [-0.39, 0.29) is 17.4 Å². The minimum Gasteiger partial charge on any atom is -0.327 e. The van der Waals surface area contributed by atoms with Crippen LogP contribution in [0.4, 0.5) is 11.4 Å². The number of hydrogen-bond donors (Lipinski definition) is 1. The van der Waals surface area contributed by atoms with Crippen molar-refractivity contribution in [3.63, 3.8) is 0 Å². The number of non-ortho nitro benzene ring substituents is 1. The third-order valence-electron chi connectivity index (χ3n) is 2.62. The summed E-state index contributed by atoms with van der Waals surface area (Å²) in [6.07, 6.45) is 2.00. The first-order valence-corrected chi connectivity index (χ1v) is 5.63. The van der Waals surface area contributed by atoms with Gasteiger partial charge >= 0.3 is 0 Å². The molecule has 0 fully saturated rings. The average molecular weight is 253 g/mol. The molecule has 1 aromatic carbocycles. The lowest BCUT2D eigenvalue weighted by Crippen LogP contribution is -2.22. The summed E-state index contributed by atoms with van der Waals surface area (Å²) >= 11 is 0. The number of nitrogens with zero attached hydrogens (tertiary/aromatic N) is 2. The molecule has 2 N–H and O–H groups in total. The van der Waals surface area contributed by atoms with E-state index in [0.717, 1.165) is 18.9 Å². The van der Waals surface area contributed by atoms with Gasteiger partial charge in [-0.2, -0.15) is 0 Å². The highest BCUT2D eigenvalue weighted by Crippen LogP contribution is 2.25. The van der Waals surface area contributed by atoms with Crippen molar-refractivity contribution in [2.75, 3.05) is 0 Å². The number of nitro benzene ring substituents is 2. The molecule has 0 saturated heterocycles. The van der Waals surface area contributed by atoms with Crippen LogP contribution in [0.25, 0.3) is 0 Å². The quantitative estimate of drug-likeness (QED) is 0.616. The van der Waals surface area contributed by atoms with Gasteiger partial charge in [0.2, 0.25) is 0 Å². The van der Waals surface area contributed by atoms with Gasteiger partial charge < -0.3 is 5.73 Å². The Hall–Kier alpha value is -2.02. The van der Waals surface area contributed by atoms with Gasteiger partial charge in [-0.3, -0.25) is 20.2 Å². The molecule has 0 bridgehead atoms. The highest BCUT2D eigenvalue weighted by atomic mass is 16.6. The Morgan fingerprint density at radius 2 is 1.94 bits per heavy atom. The SMILES string of the molecule is CCCC(N)Cc1ccc([N+](=O)[O-])cc1[N+](=O)[O-]. The molecule has 0 spiro atoms. The van der Waals surface area contributed by atoms with Crippen molar-refractivity contribution >= 4 is 11.4 Å². The lowest BCUT2D eigenvalue weighted by molar-refractivity contribution is -0.394. The van der Waals surface area contributed by atoms with Crippen LogP contribution in [0.1, 0.15) is 25.3 Å². The second-order valence-electron chi connectivity index (χ2n) is 4.08. The van der Waals surface area contributed by atoms with E-state index in [9.17, 15) is 20.2 Å². The minimum absolute atomic E-state index is 0.171. The Labute approximate surface area is 104 Å². The molecule has 0 amide bonds. The molecule has 1 unspecified atom stereocenters. The minimum atomic E-state index is -0.650. The summed E-state index contributed by atoms with van der Waals surface area (Å²) in [4.78, 5) is 20.2. The Morgan fingerprint density at radius 1 is 1.28 bits per heavy atom. The molecule has 18 heavy (non-hydrogen) atoms. The maximum atomic E-state index is 10.9. The molecule has 0 saturated carbocycles. The van der Waals surface area contributed by atoms with E-state index in [0.29, 0.717) is 12.0 Å². The highest BCUT2D eigenvalue weighted by molar-refractivity contribution is 5.49. The molecule has 1 aromatic rings. The Bertz CT molecular complexity index is 462. The van der Waals surface area contributed by atoms with Crippen molar-refractivity contribution in [2.24, 2.45) is 5.73 Å². The van der Waals surface area contributed by atoms with Crippen LogP contribution in [-0.2, 0) is 6.42 Å². The fourth-order valence-electron chi connectivity index (χ4n) is 1.76. The van der Waals surface area contributed by atoms with E-state index in [1.54, 1.807) is 0 Å². The summed E-state index contributed by atoms with van der Waals surface area (Å²) in [6.45, 7) is 1.98. The molecule has 7 nitrogen and oxygen atoms in total. The second kappa shape index (κ2) is 6.06. The fourth-order valence-corrected chi connectivity index (χ4v) is 1.76. The van der Waals surface area contributed by atoms with Gasteiger partial charge in [-0.05, 0) is 18.9 Å². The average Bonchev–Trinajstić information content (AvgIpc) is 2.29. The van der Waals surface area contributed by atoms with Crippen LogP contribution < -0.4 is 5.73 Å². The predicted molar refractivity (Wildman–Crippen MR) is 66.3 cm³/mol. The molecule has 98 valence electrons. The van der Waals surface area contributed by atoms with Gasteiger partial charge in [0.15, 0.2) is 0 Å². The third-order valence-corrected chi connectivity index (χ3v) is 2.62. The van der Waals surface area contributed by atoms with E-state index in [4.69, 9.17) is 5.73 Å². The first-order chi connectivity index (χ1) is 8.45. The van der Waals surface area contributed by atoms with Crippen LogP contribution in [0.3, 0.4) is 0 Å². The zero-order chi connectivity index (χ0) is 13.7. The lowest BCUT2D eigenvalue weighted by atomic mass is 10.0. The van der Waals surface area contributed by atoms with Gasteiger partial charge in [-0.25, -0.2) is 0 Å². The number of benzene rings is 1. The van der Waals surface area contributed by atoms with Gasteiger partial charge in [0.05, 0.1) is 15.9 Å². The molecular formula is C11H15N3O4. The summed E-state index contributed by atoms with van der Waals surface area (Å²) in [5.41, 5.74) is 5.74. The maximum Gasteiger partial charge on any atom is 0.279 e. The van der Waals surface area contributed by atoms with E-state index in [2.05, 4.69) is 0 Å². The summed E-state index contributed by atoms with van der Waals surface area (Å²) in [6, 6.07) is 3.48. The summed E-state index contributed by atoms with van der Waals surface area (Å²) in [5.74, 6) is 0. The van der Waals surface area contributed by atoms with Crippen molar-refractivity contribution < 1.29 is 9.85 Å². The molecule has 0 radical (unpaired) electrons. The van der Waals surface area contributed by atoms with Gasteiger partial charge in [-0.15, -0.1) is 0 Å². The molecular weight excluding hydrogens is 238 g/mol. The van der Waals surface area contributed by atoms with E-state index in [1.807, 2.05) is 6.92 Å². The van der Waals surface area contributed by atoms with Crippen molar-refractivity contribution in [1.82, 2.24) is 0 Å². The number of nitro groups is 2. The van der Waals surface area contributed by atoms with E-state index < -0.39 is 9.85 Å². The molecule has 0 aromatic heterocycles. The number of nitrogens with two attached hydrogens (primary N) is 1. The highest BCUT2D eigenvalue weighted by Gasteiger charge is 2.20. The molecule has 1 atom stereocenters. The molecule has 1 rings (SSSR count).